The number of benzene rings is 1. The third kappa shape index (κ3) is 3.79. The molecule has 0 amide bonds. The van der Waals surface area contributed by atoms with Crippen molar-refractivity contribution >= 4 is 5.97 Å². The normalized spacial score (nSPS) is 11.5. The molecule has 0 aromatic heterocycles. The molecular weight excluding hydrogens is 194 g/mol. The van der Waals surface area contributed by atoms with Crippen LogP contribution >= 0.6 is 0 Å². The number of hydrogen-bond donors (Lipinski definition) is 1. The lowest BCUT2D eigenvalue weighted by Gasteiger charge is -2.08. The molecule has 1 atom stereocenters. The summed E-state index contributed by atoms with van der Waals surface area (Å²) in [6.07, 6.45) is -1.01. The van der Waals surface area contributed by atoms with E-state index in [1.165, 1.54) is 0 Å². The highest BCUT2D eigenvalue weighted by atomic mass is 16.5. The maximum atomic E-state index is 11.1. The smallest absolute Gasteiger partial charge is 0.336 e. The average molecular weight is 205 g/mol. The van der Waals surface area contributed by atoms with Crippen molar-refractivity contribution in [2.24, 2.45) is 0 Å². The molecule has 1 N–H and O–H groups in total. The lowest BCUT2D eigenvalue weighted by molar-refractivity contribution is -0.151. The molecule has 0 spiro atoms. The third-order valence-corrected chi connectivity index (χ3v) is 1.82. The van der Waals surface area contributed by atoms with Crippen molar-refractivity contribution in [2.75, 3.05) is 6.61 Å². The lowest BCUT2D eigenvalue weighted by Crippen LogP contribution is -2.25. The molecule has 0 radical (unpaired) electrons. The minimum absolute atomic E-state index is 0.200. The Labute approximate surface area is 87.7 Å². The summed E-state index contributed by atoms with van der Waals surface area (Å²) in [4.78, 5) is 11.1. The van der Waals surface area contributed by atoms with E-state index in [1.54, 1.807) is 18.2 Å². The van der Waals surface area contributed by atoms with Gasteiger partial charge in [-0.15, -0.1) is 0 Å². The van der Waals surface area contributed by atoms with Crippen molar-refractivity contribution in [1.29, 1.82) is 5.26 Å². The van der Waals surface area contributed by atoms with Crippen LogP contribution in [0.5, 0.6) is 0 Å². The highest BCUT2D eigenvalue weighted by molar-refractivity contribution is 5.74. The molecule has 0 saturated heterocycles. The van der Waals surface area contributed by atoms with Crippen LogP contribution in [0.4, 0.5) is 0 Å². The molecule has 1 aromatic rings. The summed E-state index contributed by atoms with van der Waals surface area (Å²) in [5, 5.41) is 17.6. The Hall–Kier alpha value is -1.86. The van der Waals surface area contributed by atoms with Crippen molar-refractivity contribution in [1.82, 2.24) is 0 Å². The fourth-order valence-electron chi connectivity index (χ4n) is 1.12. The van der Waals surface area contributed by atoms with Gasteiger partial charge in [-0.2, -0.15) is 5.26 Å². The van der Waals surface area contributed by atoms with Gasteiger partial charge >= 0.3 is 5.97 Å². The molecule has 0 aliphatic rings. The molecule has 0 aliphatic carbocycles. The lowest BCUT2D eigenvalue weighted by atomic mass is 10.1. The van der Waals surface area contributed by atoms with Crippen LogP contribution in [0.15, 0.2) is 30.3 Å². The standard InChI is InChI=1S/C11H11NO3/c12-6-7-15-11(14)10(13)8-9-4-2-1-3-5-9/h1-5,10,13H,7-8H2/t10-/m0/s1. The van der Waals surface area contributed by atoms with Gasteiger partial charge in [-0.1, -0.05) is 30.3 Å². The predicted octanol–water partition coefficient (Wildman–Crippen LogP) is 0.657. The fraction of sp³-hybridized carbons (Fsp3) is 0.273. The molecule has 1 aromatic carbocycles. The van der Waals surface area contributed by atoms with E-state index < -0.39 is 12.1 Å². The highest BCUT2D eigenvalue weighted by Gasteiger charge is 2.16. The summed E-state index contributed by atoms with van der Waals surface area (Å²) >= 11 is 0. The molecule has 0 bridgehead atoms. The fourth-order valence-corrected chi connectivity index (χ4v) is 1.12. The summed E-state index contributed by atoms with van der Waals surface area (Å²) in [7, 11) is 0. The number of rotatable bonds is 4. The number of nitrogens with zero attached hydrogens (tertiary/aromatic N) is 1. The first-order valence-electron chi connectivity index (χ1n) is 4.49. The zero-order chi connectivity index (χ0) is 11.1. The van der Waals surface area contributed by atoms with Gasteiger partial charge in [-0.25, -0.2) is 4.79 Å². The second-order valence-electron chi connectivity index (χ2n) is 2.97. The number of aliphatic hydroxyl groups excluding tert-OH is 1. The van der Waals surface area contributed by atoms with Gasteiger partial charge in [0.05, 0.1) is 0 Å². The Kier molecular flexibility index (Phi) is 4.32. The number of ether oxygens (including phenoxy) is 1. The predicted molar refractivity (Wildman–Crippen MR) is 52.7 cm³/mol. The topological polar surface area (TPSA) is 70.3 Å². The molecule has 0 heterocycles. The molecule has 0 fully saturated rings. The Balaban J connectivity index is 2.46. The van der Waals surface area contributed by atoms with Gasteiger partial charge in [0.1, 0.15) is 6.07 Å². The van der Waals surface area contributed by atoms with Crippen LogP contribution in [0.25, 0.3) is 0 Å². The van der Waals surface area contributed by atoms with Crippen molar-refractivity contribution in [3.05, 3.63) is 35.9 Å². The minimum Gasteiger partial charge on any atom is -0.448 e. The Morgan fingerprint density at radius 3 is 2.73 bits per heavy atom. The van der Waals surface area contributed by atoms with Crippen LogP contribution in [0, 0.1) is 11.3 Å². The van der Waals surface area contributed by atoms with Crippen molar-refractivity contribution in [3.8, 4) is 6.07 Å². The van der Waals surface area contributed by atoms with Crippen LogP contribution in [0.1, 0.15) is 5.56 Å². The highest BCUT2D eigenvalue weighted by Crippen LogP contribution is 2.04. The number of esters is 1. The maximum absolute atomic E-state index is 11.1. The van der Waals surface area contributed by atoms with Crippen molar-refractivity contribution in [3.63, 3.8) is 0 Å². The van der Waals surface area contributed by atoms with Crippen molar-refractivity contribution < 1.29 is 14.6 Å². The van der Waals surface area contributed by atoms with E-state index in [9.17, 15) is 9.90 Å². The van der Waals surface area contributed by atoms with Gasteiger partial charge < -0.3 is 9.84 Å². The van der Waals surface area contributed by atoms with Gasteiger partial charge in [-0.3, -0.25) is 0 Å². The van der Waals surface area contributed by atoms with E-state index in [0.29, 0.717) is 0 Å². The van der Waals surface area contributed by atoms with Gasteiger partial charge in [0.2, 0.25) is 0 Å². The van der Waals surface area contributed by atoms with E-state index in [-0.39, 0.29) is 13.0 Å². The third-order valence-electron chi connectivity index (χ3n) is 1.82. The van der Waals surface area contributed by atoms with Crippen LogP contribution < -0.4 is 0 Å². The maximum Gasteiger partial charge on any atom is 0.336 e. The molecule has 4 nitrogen and oxygen atoms in total. The monoisotopic (exact) mass is 205 g/mol. The largest absolute Gasteiger partial charge is 0.448 e. The van der Waals surface area contributed by atoms with Gasteiger partial charge in [0.25, 0.3) is 0 Å². The minimum atomic E-state index is -1.21. The van der Waals surface area contributed by atoms with Gasteiger partial charge in [0.15, 0.2) is 12.7 Å². The number of carbonyl (C=O) groups excluding carboxylic acids is 1. The van der Waals surface area contributed by atoms with Crippen LogP contribution in [0.3, 0.4) is 0 Å². The molecule has 4 heteroatoms. The second-order valence-corrected chi connectivity index (χ2v) is 2.97. The van der Waals surface area contributed by atoms with Crippen LogP contribution in [-0.4, -0.2) is 23.8 Å². The molecular formula is C11H11NO3. The second kappa shape index (κ2) is 5.78. The summed E-state index contributed by atoms with van der Waals surface area (Å²) in [5.41, 5.74) is 0.846. The first-order valence-corrected chi connectivity index (χ1v) is 4.49. The number of hydrogen-bond acceptors (Lipinski definition) is 4. The Morgan fingerprint density at radius 1 is 1.47 bits per heavy atom. The van der Waals surface area contributed by atoms with Crippen LogP contribution in [-0.2, 0) is 16.0 Å². The van der Waals surface area contributed by atoms with E-state index >= 15 is 0 Å². The van der Waals surface area contributed by atoms with Gasteiger partial charge in [-0.05, 0) is 5.56 Å². The van der Waals surface area contributed by atoms with Crippen molar-refractivity contribution in [2.45, 2.75) is 12.5 Å². The zero-order valence-corrected chi connectivity index (χ0v) is 8.09. The summed E-state index contributed by atoms with van der Waals surface area (Å²) < 4.78 is 4.48. The van der Waals surface area contributed by atoms with E-state index in [4.69, 9.17) is 5.26 Å². The first-order chi connectivity index (χ1) is 7.24. The number of nitriles is 1. The molecule has 78 valence electrons. The molecule has 0 saturated carbocycles. The van der Waals surface area contributed by atoms with E-state index in [2.05, 4.69) is 4.74 Å². The quantitative estimate of drug-likeness (QED) is 0.733. The average Bonchev–Trinajstić information content (AvgIpc) is 2.27. The Morgan fingerprint density at radius 2 is 2.13 bits per heavy atom. The summed E-state index contributed by atoms with van der Waals surface area (Å²) in [6.45, 7) is -0.329. The molecule has 0 aliphatic heterocycles. The first kappa shape index (κ1) is 11.2. The Bertz CT molecular complexity index is 356. The molecule has 0 unspecified atom stereocenters. The SMILES string of the molecule is N#CCOC(=O)[C@@H](O)Cc1ccccc1. The summed E-state index contributed by atoms with van der Waals surface area (Å²) in [6, 6.07) is 10.8. The van der Waals surface area contributed by atoms with Gasteiger partial charge in [0, 0.05) is 6.42 Å². The number of carbonyl (C=O) groups is 1. The molecule has 15 heavy (non-hydrogen) atoms. The van der Waals surface area contributed by atoms with E-state index in [0.717, 1.165) is 5.56 Å². The zero-order valence-electron chi connectivity index (χ0n) is 8.09. The van der Waals surface area contributed by atoms with E-state index in [1.807, 2.05) is 18.2 Å². The summed E-state index contributed by atoms with van der Waals surface area (Å²) in [5.74, 6) is -0.764. The van der Waals surface area contributed by atoms with Crippen LogP contribution in [0.2, 0.25) is 0 Å². The number of aliphatic hydroxyl groups is 1. The molecule has 1 rings (SSSR count).